The topological polar surface area (TPSA) is 69.2 Å². The zero-order valence-corrected chi connectivity index (χ0v) is 14.0. The van der Waals surface area contributed by atoms with Crippen LogP contribution in [0.5, 0.6) is 0 Å². The van der Waals surface area contributed by atoms with Gasteiger partial charge in [-0.15, -0.1) is 11.3 Å². The maximum absolute atomic E-state index is 10.8. The summed E-state index contributed by atoms with van der Waals surface area (Å²) >= 11 is 3.30. The lowest BCUT2D eigenvalue weighted by Gasteiger charge is -2.05. The van der Waals surface area contributed by atoms with E-state index in [1.807, 2.05) is 12.1 Å². The summed E-state index contributed by atoms with van der Waals surface area (Å²) in [6, 6.07) is 17.3. The van der Waals surface area contributed by atoms with Gasteiger partial charge in [0.2, 0.25) is 0 Å². The third kappa shape index (κ3) is 3.55. The van der Waals surface area contributed by atoms with Crippen molar-refractivity contribution < 1.29 is 4.92 Å². The van der Waals surface area contributed by atoms with Crippen LogP contribution in [-0.2, 0) is 0 Å². The number of thiophene rings is 1. The minimum Gasteiger partial charge on any atom is -0.393 e. The highest BCUT2D eigenvalue weighted by molar-refractivity contribution is 7.99. The molecule has 3 rings (SSSR count). The van der Waals surface area contributed by atoms with Crippen LogP contribution in [0.1, 0.15) is 4.88 Å². The molecular formula is C17H14N2O2S2. The number of nitrogen functional groups attached to an aromatic ring is 1. The van der Waals surface area contributed by atoms with Gasteiger partial charge in [0.25, 0.3) is 5.69 Å². The molecule has 0 unspecified atom stereocenters. The van der Waals surface area contributed by atoms with E-state index in [-0.39, 0.29) is 11.4 Å². The third-order valence-corrected chi connectivity index (χ3v) is 5.36. The van der Waals surface area contributed by atoms with Crippen LogP contribution in [0, 0.1) is 17.0 Å². The molecule has 0 aliphatic heterocycles. The van der Waals surface area contributed by atoms with Gasteiger partial charge in [0, 0.05) is 25.6 Å². The molecule has 3 aromatic rings. The fourth-order valence-corrected chi connectivity index (χ4v) is 3.91. The zero-order valence-electron chi connectivity index (χ0n) is 12.4. The van der Waals surface area contributed by atoms with Crippen LogP contribution in [0.15, 0.2) is 64.4 Å². The second kappa shape index (κ2) is 6.44. The summed E-state index contributed by atoms with van der Waals surface area (Å²) in [5, 5.41) is 10.8. The lowest BCUT2D eigenvalue weighted by atomic mass is 10.2. The van der Waals surface area contributed by atoms with Gasteiger partial charge < -0.3 is 5.73 Å². The Morgan fingerprint density at radius 3 is 2.30 bits per heavy atom. The highest BCUT2D eigenvalue weighted by Gasteiger charge is 2.11. The number of aryl methyl sites for hydroxylation is 1. The van der Waals surface area contributed by atoms with Gasteiger partial charge in [-0.2, -0.15) is 0 Å². The highest BCUT2D eigenvalue weighted by atomic mass is 32.2. The van der Waals surface area contributed by atoms with E-state index in [4.69, 9.17) is 5.73 Å². The summed E-state index contributed by atoms with van der Waals surface area (Å²) in [7, 11) is 0. The molecule has 23 heavy (non-hydrogen) atoms. The van der Waals surface area contributed by atoms with Crippen LogP contribution in [0.25, 0.3) is 10.4 Å². The standard InChI is InChI=1S/C17H14N2O2S2/c1-11-2-9-17(22-11)12-3-5-13(6-4-12)23-14-7-8-16(19(20)21)15(18)10-14/h2-10H,18H2,1H3. The van der Waals surface area contributed by atoms with Crippen molar-refractivity contribution in [2.24, 2.45) is 0 Å². The molecule has 0 fully saturated rings. The second-order valence-corrected chi connectivity index (χ2v) is 7.45. The number of nitrogens with two attached hydrogens (primary N) is 1. The largest absolute Gasteiger partial charge is 0.393 e. The fraction of sp³-hybridized carbons (Fsp3) is 0.0588. The zero-order chi connectivity index (χ0) is 16.4. The monoisotopic (exact) mass is 342 g/mol. The molecule has 0 saturated heterocycles. The molecule has 0 atom stereocenters. The maximum atomic E-state index is 10.8. The van der Waals surface area contributed by atoms with E-state index in [0.717, 1.165) is 9.79 Å². The first-order valence-electron chi connectivity index (χ1n) is 6.91. The van der Waals surface area contributed by atoms with Gasteiger partial charge in [0.1, 0.15) is 5.69 Å². The quantitative estimate of drug-likeness (QED) is 0.393. The van der Waals surface area contributed by atoms with Gasteiger partial charge in [0.15, 0.2) is 0 Å². The Kier molecular flexibility index (Phi) is 4.36. The van der Waals surface area contributed by atoms with Gasteiger partial charge in [-0.3, -0.25) is 10.1 Å². The smallest absolute Gasteiger partial charge is 0.292 e. The molecule has 2 aromatic carbocycles. The lowest BCUT2D eigenvalue weighted by molar-refractivity contribution is -0.383. The number of anilines is 1. The van der Waals surface area contributed by atoms with Gasteiger partial charge in [-0.1, -0.05) is 23.9 Å². The van der Waals surface area contributed by atoms with E-state index in [0.29, 0.717) is 0 Å². The van der Waals surface area contributed by atoms with E-state index in [2.05, 4.69) is 31.2 Å². The SMILES string of the molecule is Cc1ccc(-c2ccc(Sc3ccc([N+](=O)[O-])c(N)c3)cc2)s1. The number of nitrogens with zero attached hydrogens (tertiary/aromatic N) is 1. The van der Waals surface area contributed by atoms with E-state index in [9.17, 15) is 10.1 Å². The first-order valence-corrected chi connectivity index (χ1v) is 8.55. The van der Waals surface area contributed by atoms with Crippen LogP contribution in [0.2, 0.25) is 0 Å². The normalized spacial score (nSPS) is 10.7. The summed E-state index contributed by atoms with van der Waals surface area (Å²) in [5.74, 6) is 0. The molecule has 0 spiro atoms. The summed E-state index contributed by atoms with van der Waals surface area (Å²) < 4.78 is 0. The average molecular weight is 342 g/mol. The molecule has 4 nitrogen and oxygen atoms in total. The van der Waals surface area contributed by atoms with E-state index < -0.39 is 4.92 Å². The third-order valence-electron chi connectivity index (χ3n) is 3.31. The molecule has 1 aromatic heterocycles. The summed E-state index contributed by atoms with van der Waals surface area (Å²) in [5.41, 5.74) is 7.04. The number of nitro benzene ring substituents is 1. The van der Waals surface area contributed by atoms with Gasteiger partial charge in [-0.05, 0) is 48.9 Å². The number of hydrogen-bond donors (Lipinski definition) is 1. The first-order chi connectivity index (χ1) is 11.0. The Balaban J connectivity index is 1.78. The summed E-state index contributed by atoms with van der Waals surface area (Å²) in [4.78, 5) is 14.8. The predicted molar refractivity (Wildman–Crippen MR) is 96.1 cm³/mol. The number of benzene rings is 2. The predicted octanol–water partition coefficient (Wildman–Crippen LogP) is 5.37. The molecule has 116 valence electrons. The molecule has 0 aliphatic rings. The van der Waals surface area contributed by atoms with E-state index in [1.165, 1.54) is 33.1 Å². The molecule has 1 heterocycles. The van der Waals surface area contributed by atoms with Crippen molar-refractivity contribution in [1.29, 1.82) is 0 Å². The molecule has 6 heteroatoms. The van der Waals surface area contributed by atoms with Crippen LogP contribution in [0.4, 0.5) is 11.4 Å². The molecular weight excluding hydrogens is 328 g/mol. The van der Waals surface area contributed by atoms with Gasteiger partial charge >= 0.3 is 0 Å². The Morgan fingerprint density at radius 1 is 1.04 bits per heavy atom. The number of nitro groups is 1. The van der Waals surface area contributed by atoms with Gasteiger partial charge in [-0.25, -0.2) is 0 Å². The average Bonchev–Trinajstić information content (AvgIpc) is 2.94. The molecule has 0 aliphatic carbocycles. The van der Waals surface area contributed by atoms with Crippen molar-refractivity contribution in [2.45, 2.75) is 16.7 Å². The van der Waals surface area contributed by atoms with Crippen LogP contribution < -0.4 is 5.73 Å². The van der Waals surface area contributed by atoms with Crippen molar-refractivity contribution in [3.8, 4) is 10.4 Å². The maximum Gasteiger partial charge on any atom is 0.292 e. The van der Waals surface area contributed by atoms with Gasteiger partial charge in [0.05, 0.1) is 4.92 Å². The molecule has 0 radical (unpaired) electrons. The van der Waals surface area contributed by atoms with Crippen molar-refractivity contribution in [2.75, 3.05) is 5.73 Å². The van der Waals surface area contributed by atoms with E-state index >= 15 is 0 Å². The first kappa shape index (κ1) is 15.6. The lowest BCUT2D eigenvalue weighted by Crippen LogP contribution is -1.95. The number of rotatable bonds is 4. The van der Waals surface area contributed by atoms with Crippen LogP contribution in [-0.4, -0.2) is 4.92 Å². The Morgan fingerprint density at radius 2 is 1.74 bits per heavy atom. The number of hydrogen-bond acceptors (Lipinski definition) is 5. The van der Waals surface area contributed by atoms with Crippen molar-refractivity contribution in [1.82, 2.24) is 0 Å². The molecule has 0 amide bonds. The molecule has 0 saturated carbocycles. The minimum atomic E-state index is -0.471. The molecule has 2 N–H and O–H groups in total. The van der Waals surface area contributed by atoms with Crippen molar-refractivity contribution in [3.05, 3.63) is 69.6 Å². The van der Waals surface area contributed by atoms with E-state index in [1.54, 1.807) is 23.5 Å². The minimum absolute atomic E-state index is 0.0576. The highest BCUT2D eigenvalue weighted by Crippen LogP contribution is 2.34. The van der Waals surface area contributed by atoms with Crippen LogP contribution in [0.3, 0.4) is 0 Å². The Hall–Kier alpha value is -2.31. The van der Waals surface area contributed by atoms with Crippen molar-refractivity contribution >= 4 is 34.5 Å². The Labute approximate surface area is 142 Å². The summed E-state index contributed by atoms with van der Waals surface area (Å²) in [6.45, 7) is 2.09. The summed E-state index contributed by atoms with van der Waals surface area (Å²) in [6.07, 6.45) is 0. The second-order valence-electron chi connectivity index (χ2n) is 5.01. The fourth-order valence-electron chi connectivity index (χ4n) is 2.18. The molecule has 0 bridgehead atoms. The Bertz CT molecular complexity index is 857. The van der Waals surface area contributed by atoms with Crippen molar-refractivity contribution in [3.63, 3.8) is 0 Å². The van der Waals surface area contributed by atoms with Crippen LogP contribution >= 0.6 is 23.1 Å².